The van der Waals surface area contributed by atoms with Crippen LogP contribution in [0.15, 0.2) is 0 Å². The summed E-state index contributed by atoms with van der Waals surface area (Å²) in [6.45, 7) is 3.37. The third kappa shape index (κ3) is 4.02. The minimum atomic E-state index is -1.01. The van der Waals surface area contributed by atoms with E-state index >= 15 is 0 Å². The summed E-state index contributed by atoms with van der Waals surface area (Å²) in [5.41, 5.74) is 1.23. The molecule has 5 amide bonds. The van der Waals surface area contributed by atoms with Gasteiger partial charge in [-0.3, -0.25) is 19.3 Å². The van der Waals surface area contributed by atoms with Gasteiger partial charge >= 0.3 is 23.8 Å². The first-order chi connectivity index (χ1) is 13.9. The molecular weight excluding hydrogens is 398 g/mol. The number of thiophene rings is 1. The molecule has 0 bridgehead atoms. The molecule has 0 saturated carbocycles. The Balaban J connectivity index is 1.73. The van der Waals surface area contributed by atoms with E-state index in [9.17, 15) is 24.0 Å². The molecule has 9 nitrogen and oxygen atoms in total. The average molecular weight is 421 g/mol. The minimum Gasteiger partial charge on any atom is -0.462 e. The Bertz CT molecular complexity index is 878. The van der Waals surface area contributed by atoms with E-state index in [1.54, 1.807) is 6.92 Å². The van der Waals surface area contributed by atoms with Crippen molar-refractivity contribution in [1.29, 1.82) is 0 Å². The maximum absolute atomic E-state index is 12.5. The number of anilines is 1. The molecule has 3 rings (SSSR count). The van der Waals surface area contributed by atoms with Gasteiger partial charge in [-0.2, -0.15) is 0 Å². The van der Waals surface area contributed by atoms with E-state index in [2.05, 4.69) is 5.32 Å². The van der Waals surface area contributed by atoms with Crippen LogP contribution in [0.1, 0.15) is 53.9 Å². The van der Waals surface area contributed by atoms with Gasteiger partial charge in [0.2, 0.25) is 5.91 Å². The summed E-state index contributed by atoms with van der Waals surface area (Å²) >= 11 is 1.30. The normalized spacial score (nSPS) is 15.9. The second-order valence-electron chi connectivity index (χ2n) is 6.81. The molecule has 0 atom stereocenters. The lowest BCUT2D eigenvalue weighted by atomic mass is 10.1. The summed E-state index contributed by atoms with van der Waals surface area (Å²) in [5, 5.41) is 2.98. The van der Waals surface area contributed by atoms with Gasteiger partial charge in [-0.05, 0) is 38.2 Å². The molecule has 0 spiro atoms. The highest BCUT2D eigenvalue weighted by Gasteiger charge is 2.44. The molecule has 0 unspecified atom stereocenters. The topological polar surface area (TPSA) is 113 Å². The maximum Gasteiger partial charge on any atom is 0.341 e. The molecule has 2 heterocycles. The highest BCUT2D eigenvalue weighted by molar-refractivity contribution is 7.17. The third-order valence-corrected chi connectivity index (χ3v) is 6.03. The number of ether oxygens (including phenoxy) is 1. The van der Waals surface area contributed by atoms with E-state index in [1.807, 2.05) is 6.92 Å². The number of nitrogens with one attached hydrogen (secondary N) is 1. The number of fused-ring (bicyclic) bond motifs is 1. The van der Waals surface area contributed by atoms with Gasteiger partial charge in [-0.1, -0.05) is 13.3 Å². The van der Waals surface area contributed by atoms with Crippen LogP contribution in [0.4, 0.5) is 9.80 Å². The number of amides is 5. The largest absolute Gasteiger partial charge is 0.462 e. The summed E-state index contributed by atoms with van der Waals surface area (Å²) in [6, 6.07) is -0.789. The highest BCUT2D eigenvalue weighted by Crippen LogP contribution is 2.39. The van der Waals surface area contributed by atoms with Crippen LogP contribution in [0.5, 0.6) is 0 Å². The SMILES string of the molecule is CCCCN1C(=O)C(=O)N(CC(=O)Nc2sc3c(c2C(=O)OCC)CCC3)C1=O. The van der Waals surface area contributed by atoms with Crippen LogP contribution in [-0.4, -0.2) is 59.2 Å². The molecule has 1 saturated heterocycles. The van der Waals surface area contributed by atoms with Crippen LogP contribution in [-0.2, 0) is 32.0 Å². The Kier molecular flexibility index (Phi) is 6.31. The van der Waals surface area contributed by atoms with Crippen molar-refractivity contribution in [2.75, 3.05) is 25.0 Å². The summed E-state index contributed by atoms with van der Waals surface area (Å²) in [6.07, 6.45) is 3.83. The molecular formula is C19H23N3O6S. The van der Waals surface area contributed by atoms with E-state index in [4.69, 9.17) is 4.74 Å². The summed E-state index contributed by atoms with van der Waals surface area (Å²) < 4.78 is 5.11. The van der Waals surface area contributed by atoms with Crippen LogP contribution in [0, 0.1) is 0 Å². The van der Waals surface area contributed by atoms with E-state index in [0.717, 1.165) is 41.0 Å². The van der Waals surface area contributed by atoms with Crippen LogP contribution in [0.3, 0.4) is 0 Å². The van der Waals surface area contributed by atoms with Crippen molar-refractivity contribution in [1.82, 2.24) is 9.80 Å². The third-order valence-electron chi connectivity index (χ3n) is 4.83. The summed E-state index contributed by atoms with van der Waals surface area (Å²) in [4.78, 5) is 63.9. The number of nitrogens with zero attached hydrogens (tertiary/aromatic N) is 2. The molecule has 1 aromatic heterocycles. The van der Waals surface area contributed by atoms with Crippen molar-refractivity contribution in [2.45, 2.75) is 46.0 Å². The first-order valence-electron chi connectivity index (χ1n) is 9.67. The van der Waals surface area contributed by atoms with Crippen molar-refractivity contribution >= 4 is 46.1 Å². The van der Waals surface area contributed by atoms with E-state index in [-0.39, 0.29) is 13.2 Å². The Morgan fingerprint density at radius 3 is 2.52 bits per heavy atom. The summed E-state index contributed by atoms with van der Waals surface area (Å²) in [7, 11) is 0. The number of urea groups is 1. The molecule has 1 N–H and O–H groups in total. The minimum absolute atomic E-state index is 0.142. The molecule has 1 aliphatic heterocycles. The number of carbonyl (C=O) groups is 5. The van der Waals surface area contributed by atoms with Crippen LogP contribution < -0.4 is 5.32 Å². The zero-order chi connectivity index (χ0) is 21.1. The van der Waals surface area contributed by atoms with Crippen molar-refractivity contribution in [3.05, 3.63) is 16.0 Å². The first kappa shape index (κ1) is 21.0. The fourth-order valence-corrected chi connectivity index (χ4v) is 4.72. The number of carbonyl (C=O) groups excluding carboxylic acids is 5. The van der Waals surface area contributed by atoms with E-state index in [0.29, 0.717) is 21.9 Å². The van der Waals surface area contributed by atoms with Gasteiger partial charge in [-0.15, -0.1) is 11.3 Å². The molecule has 0 aromatic carbocycles. The Hall–Kier alpha value is -2.75. The van der Waals surface area contributed by atoms with Crippen molar-refractivity contribution in [3.63, 3.8) is 0 Å². The van der Waals surface area contributed by atoms with Gasteiger partial charge in [0.25, 0.3) is 0 Å². The molecule has 1 fully saturated rings. The molecule has 29 heavy (non-hydrogen) atoms. The smallest absolute Gasteiger partial charge is 0.341 e. The van der Waals surface area contributed by atoms with Gasteiger partial charge in [0, 0.05) is 11.4 Å². The predicted octanol–water partition coefficient (Wildman–Crippen LogP) is 1.94. The van der Waals surface area contributed by atoms with Crippen LogP contribution in [0.25, 0.3) is 0 Å². The average Bonchev–Trinajstić information content (AvgIpc) is 3.30. The van der Waals surface area contributed by atoms with Crippen molar-refractivity contribution < 1.29 is 28.7 Å². The Morgan fingerprint density at radius 2 is 1.83 bits per heavy atom. The number of hydrogen-bond acceptors (Lipinski definition) is 7. The molecule has 0 radical (unpaired) electrons. The lowest BCUT2D eigenvalue weighted by molar-refractivity contribution is -0.143. The molecule has 1 aromatic rings. The highest BCUT2D eigenvalue weighted by atomic mass is 32.1. The molecule has 156 valence electrons. The van der Waals surface area contributed by atoms with Crippen LogP contribution >= 0.6 is 11.3 Å². The van der Waals surface area contributed by atoms with Gasteiger partial charge in [0.1, 0.15) is 11.5 Å². The van der Waals surface area contributed by atoms with Gasteiger partial charge in [0.05, 0.1) is 12.2 Å². The van der Waals surface area contributed by atoms with Gasteiger partial charge in [-0.25, -0.2) is 14.5 Å². The standard InChI is InChI=1S/C19H23N3O6S/c1-3-5-9-21-16(24)17(25)22(19(21)27)10-13(23)20-15-14(18(26)28-4-2)11-7-6-8-12(11)29-15/h3-10H2,1-2H3,(H,20,23). The second-order valence-corrected chi connectivity index (χ2v) is 7.92. The molecule has 10 heteroatoms. The van der Waals surface area contributed by atoms with Crippen LogP contribution in [0.2, 0.25) is 0 Å². The lowest BCUT2D eigenvalue weighted by Gasteiger charge is -2.15. The number of esters is 1. The number of unbranched alkanes of at least 4 members (excludes halogenated alkanes) is 1. The number of imide groups is 2. The van der Waals surface area contributed by atoms with Gasteiger partial charge < -0.3 is 10.1 Å². The zero-order valence-electron chi connectivity index (χ0n) is 16.4. The maximum atomic E-state index is 12.5. The second kappa shape index (κ2) is 8.73. The molecule has 2 aliphatic rings. The van der Waals surface area contributed by atoms with E-state index < -0.39 is 36.3 Å². The number of hydrogen-bond donors (Lipinski definition) is 1. The predicted molar refractivity (Wildman–Crippen MR) is 105 cm³/mol. The Labute approximate surface area is 172 Å². The quantitative estimate of drug-likeness (QED) is 0.390. The fraction of sp³-hybridized carbons (Fsp3) is 0.526. The lowest BCUT2D eigenvalue weighted by Crippen LogP contribution is -2.39. The number of aryl methyl sites for hydroxylation is 1. The monoisotopic (exact) mass is 421 g/mol. The van der Waals surface area contributed by atoms with Crippen molar-refractivity contribution in [3.8, 4) is 0 Å². The summed E-state index contributed by atoms with van der Waals surface area (Å²) in [5.74, 6) is -3.09. The Morgan fingerprint density at radius 1 is 1.10 bits per heavy atom. The first-order valence-corrected chi connectivity index (χ1v) is 10.5. The van der Waals surface area contributed by atoms with E-state index in [1.165, 1.54) is 11.3 Å². The zero-order valence-corrected chi connectivity index (χ0v) is 17.2. The fourth-order valence-electron chi connectivity index (χ4n) is 3.42. The number of rotatable bonds is 8. The van der Waals surface area contributed by atoms with Crippen molar-refractivity contribution in [2.24, 2.45) is 0 Å². The van der Waals surface area contributed by atoms with Gasteiger partial charge in [0.15, 0.2) is 0 Å². The molecule has 1 aliphatic carbocycles.